The largest absolute Gasteiger partial charge is 0.352 e. The summed E-state index contributed by atoms with van der Waals surface area (Å²) in [5.74, 6) is 0.872. The molecule has 1 fully saturated rings. The van der Waals surface area contributed by atoms with Gasteiger partial charge in [-0.1, -0.05) is 0 Å². The van der Waals surface area contributed by atoms with Gasteiger partial charge in [-0.2, -0.15) is 5.10 Å². The summed E-state index contributed by atoms with van der Waals surface area (Å²) >= 11 is 0. The van der Waals surface area contributed by atoms with Crippen molar-refractivity contribution in [1.29, 1.82) is 0 Å². The van der Waals surface area contributed by atoms with Crippen molar-refractivity contribution < 1.29 is 9.59 Å². The molecule has 7 heteroatoms. The van der Waals surface area contributed by atoms with E-state index < -0.39 is 0 Å². The zero-order valence-electron chi connectivity index (χ0n) is 16.1. The number of hydrogen-bond donors (Lipinski definition) is 1. The van der Waals surface area contributed by atoms with Gasteiger partial charge >= 0.3 is 0 Å². The van der Waals surface area contributed by atoms with E-state index in [1.54, 1.807) is 4.68 Å². The molecular formula is C19H27N5O2. The lowest BCUT2D eigenvalue weighted by Crippen LogP contribution is -2.45. The second-order valence-corrected chi connectivity index (χ2v) is 7.32. The fourth-order valence-corrected chi connectivity index (χ4v) is 3.59. The number of carbonyl (C=O) groups is 2. The SMILES string of the molecule is Cc1cc(C(=O)N(CC2CCC(=O)N2)C(C)C)c(C)n1-c1ccn(C)n1. The fourth-order valence-electron chi connectivity index (χ4n) is 3.59. The average Bonchev–Trinajstić information content (AvgIpc) is 3.24. The standard InChI is InChI=1S/C19H27N5O2/c1-12(2)23(11-15-6-7-18(25)20-15)19(26)16-10-13(3)24(14(16)4)17-8-9-22(5)21-17/h8-10,12,15H,6-7,11H2,1-5H3,(H,20,25). The maximum Gasteiger partial charge on any atom is 0.255 e. The first-order valence-corrected chi connectivity index (χ1v) is 9.07. The minimum absolute atomic E-state index is 0.00331. The second-order valence-electron chi connectivity index (χ2n) is 7.32. The Hall–Kier alpha value is -2.57. The molecule has 0 saturated carbocycles. The number of nitrogens with zero attached hydrogens (tertiary/aromatic N) is 4. The predicted octanol–water partition coefficient (Wildman–Crippen LogP) is 1.96. The number of rotatable bonds is 5. The van der Waals surface area contributed by atoms with E-state index >= 15 is 0 Å². The molecule has 3 heterocycles. The topological polar surface area (TPSA) is 72.2 Å². The van der Waals surface area contributed by atoms with E-state index in [1.807, 2.05) is 62.5 Å². The van der Waals surface area contributed by atoms with E-state index in [4.69, 9.17) is 0 Å². The van der Waals surface area contributed by atoms with Crippen LogP contribution in [-0.4, -0.2) is 49.7 Å². The highest BCUT2D eigenvalue weighted by Crippen LogP contribution is 2.22. The Balaban J connectivity index is 1.89. The first-order chi connectivity index (χ1) is 12.3. The van der Waals surface area contributed by atoms with Gasteiger partial charge in [0.2, 0.25) is 5.91 Å². The Kier molecular flexibility index (Phi) is 4.89. The van der Waals surface area contributed by atoms with Crippen LogP contribution in [-0.2, 0) is 11.8 Å². The molecule has 1 aliphatic rings. The van der Waals surface area contributed by atoms with Crippen molar-refractivity contribution in [2.24, 2.45) is 7.05 Å². The number of hydrogen-bond acceptors (Lipinski definition) is 3. The molecule has 7 nitrogen and oxygen atoms in total. The van der Waals surface area contributed by atoms with Crippen LogP contribution in [0.5, 0.6) is 0 Å². The predicted molar refractivity (Wildman–Crippen MR) is 99.3 cm³/mol. The molecule has 1 unspecified atom stereocenters. The summed E-state index contributed by atoms with van der Waals surface area (Å²) in [6.45, 7) is 8.48. The molecule has 1 atom stereocenters. The number of aryl methyl sites for hydroxylation is 2. The van der Waals surface area contributed by atoms with Crippen molar-refractivity contribution in [2.75, 3.05) is 6.54 Å². The highest BCUT2D eigenvalue weighted by atomic mass is 16.2. The summed E-state index contributed by atoms with van der Waals surface area (Å²) in [7, 11) is 1.88. The number of carbonyl (C=O) groups excluding carboxylic acids is 2. The van der Waals surface area contributed by atoms with E-state index in [2.05, 4.69) is 10.4 Å². The fraction of sp³-hybridized carbons (Fsp3) is 0.526. The van der Waals surface area contributed by atoms with Gasteiger partial charge in [0.15, 0.2) is 5.82 Å². The molecule has 0 aromatic carbocycles. The molecule has 2 aromatic rings. The molecule has 0 bridgehead atoms. The molecule has 3 rings (SSSR count). The number of nitrogens with one attached hydrogen (secondary N) is 1. The van der Waals surface area contributed by atoms with Crippen molar-refractivity contribution in [3.63, 3.8) is 0 Å². The van der Waals surface area contributed by atoms with Gasteiger partial charge < -0.3 is 14.8 Å². The minimum atomic E-state index is -0.00331. The minimum Gasteiger partial charge on any atom is -0.352 e. The van der Waals surface area contributed by atoms with Gasteiger partial charge in [-0.25, -0.2) is 0 Å². The summed E-state index contributed by atoms with van der Waals surface area (Å²) in [5.41, 5.74) is 2.54. The smallest absolute Gasteiger partial charge is 0.255 e. The van der Waals surface area contributed by atoms with E-state index in [0.29, 0.717) is 18.5 Å². The van der Waals surface area contributed by atoms with Gasteiger partial charge in [-0.3, -0.25) is 14.3 Å². The number of aromatic nitrogens is 3. The molecular weight excluding hydrogens is 330 g/mol. The highest BCUT2D eigenvalue weighted by Gasteiger charge is 2.29. The molecule has 140 valence electrons. The van der Waals surface area contributed by atoms with Gasteiger partial charge in [0.1, 0.15) is 0 Å². The normalized spacial score (nSPS) is 17.0. The van der Waals surface area contributed by atoms with Crippen molar-refractivity contribution in [3.8, 4) is 5.82 Å². The van der Waals surface area contributed by atoms with E-state index in [9.17, 15) is 9.59 Å². The van der Waals surface area contributed by atoms with Gasteiger partial charge in [-0.15, -0.1) is 0 Å². The Morgan fingerprint density at radius 3 is 2.69 bits per heavy atom. The highest BCUT2D eigenvalue weighted by molar-refractivity contribution is 5.96. The lowest BCUT2D eigenvalue weighted by Gasteiger charge is -2.29. The van der Waals surface area contributed by atoms with Crippen LogP contribution in [0, 0.1) is 13.8 Å². The first kappa shape index (κ1) is 18.2. The molecule has 0 aliphatic carbocycles. The van der Waals surface area contributed by atoms with Crippen LogP contribution in [0.25, 0.3) is 5.82 Å². The maximum atomic E-state index is 13.3. The third kappa shape index (κ3) is 3.38. The number of amides is 2. The van der Waals surface area contributed by atoms with E-state index in [-0.39, 0.29) is 23.9 Å². The third-order valence-electron chi connectivity index (χ3n) is 4.98. The monoisotopic (exact) mass is 357 g/mol. The summed E-state index contributed by atoms with van der Waals surface area (Å²) in [5, 5.41) is 7.41. The van der Waals surface area contributed by atoms with E-state index in [0.717, 1.165) is 23.6 Å². The van der Waals surface area contributed by atoms with Crippen LogP contribution >= 0.6 is 0 Å². The molecule has 0 radical (unpaired) electrons. The Morgan fingerprint density at radius 2 is 2.15 bits per heavy atom. The summed E-state index contributed by atoms with van der Waals surface area (Å²) in [4.78, 5) is 26.6. The van der Waals surface area contributed by atoms with Crippen LogP contribution in [0.15, 0.2) is 18.3 Å². The van der Waals surface area contributed by atoms with Crippen LogP contribution in [0.4, 0.5) is 0 Å². The average molecular weight is 357 g/mol. The zero-order valence-corrected chi connectivity index (χ0v) is 16.1. The lowest BCUT2D eigenvalue weighted by molar-refractivity contribution is -0.119. The van der Waals surface area contributed by atoms with Crippen LogP contribution in [0.1, 0.15) is 48.4 Å². The summed E-state index contributed by atoms with van der Waals surface area (Å²) < 4.78 is 3.75. The quantitative estimate of drug-likeness (QED) is 0.889. The van der Waals surface area contributed by atoms with Crippen molar-refractivity contribution >= 4 is 11.8 Å². The van der Waals surface area contributed by atoms with Crippen molar-refractivity contribution in [1.82, 2.24) is 24.6 Å². The Labute approximate surface area is 154 Å². The van der Waals surface area contributed by atoms with Crippen molar-refractivity contribution in [2.45, 2.75) is 52.6 Å². The van der Waals surface area contributed by atoms with Crippen molar-refractivity contribution in [3.05, 3.63) is 35.3 Å². The van der Waals surface area contributed by atoms with Gasteiger partial charge in [0.05, 0.1) is 5.56 Å². The lowest BCUT2D eigenvalue weighted by atomic mass is 10.1. The van der Waals surface area contributed by atoms with Crippen LogP contribution in [0.2, 0.25) is 0 Å². The molecule has 0 spiro atoms. The second kappa shape index (κ2) is 6.97. The van der Waals surface area contributed by atoms with E-state index in [1.165, 1.54) is 0 Å². The van der Waals surface area contributed by atoms with Crippen LogP contribution in [0.3, 0.4) is 0 Å². The molecule has 2 aromatic heterocycles. The zero-order chi connectivity index (χ0) is 19.0. The summed E-state index contributed by atoms with van der Waals surface area (Å²) in [6, 6.07) is 3.95. The van der Waals surface area contributed by atoms with Gasteiger partial charge in [0.25, 0.3) is 5.91 Å². The molecule has 1 aliphatic heterocycles. The summed E-state index contributed by atoms with van der Waals surface area (Å²) in [6.07, 6.45) is 3.21. The Morgan fingerprint density at radius 1 is 1.42 bits per heavy atom. The molecule has 1 saturated heterocycles. The first-order valence-electron chi connectivity index (χ1n) is 9.07. The molecule has 26 heavy (non-hydrogen) atoms. The molecule has 2 amide bonds. The maximum absolute atomic E-state index is 13.3. The Bertz CT molecular complexity index is 833. The van der Waals surface area contributed by atoms with Gasteiger partial charge in [-0.05, 0) is 40.2 Å². The van der Waals surface area contributed by atoms with Gasteiger partial charge in [0, 0.05) is 55.7 Å². The molecule has 1 N–H and O–H groups in total. The van der Waals surface area contributed by atoms with Crippen LogP contribution < -0.4 is 5.32 Å². The third-order valence-corrected chi connectivity index (χ3v) is 4.98.